The van der Waals surface area contributed by atoms with Crippen molar-refractivity contribution < 1.29 is 9.59 Å². The standard InChI is InChI=1S/C22H26N4O2/c1-14(2)9-10-26-15(3)11-18(16(26)4)12-19(13-23)22(28)25-20-7-5-17(6-8-20)21(24)27/h5-8,11-12,14H,9-10H2,1-4H3,(H2,24,27)(H,25,28)/b19-12+. The second kappa shape index (κ2) is 9.05. The molecule has 0 saturated carbocycles. The van der Waals surface area contributed by atoms with Gasteiger partial charge in [-0.05, 0) is 68.2 Å². The van der Waals surface area contributed by atoms with E-state index in [1.807, 2.05) is 26.0 Å². The molecule has 6 heteroatoms. The highest BCUT2D eigenvalue weighted by molar-refractivity contribution is 6.09. The summed E-state index contributed by atoms with van der Waals surface area (Å²) >= 11 is 0. The molecule has 0 radical (unpaired) electrons. The minimum Gasteiger partial charge on any atom is -0.366 e. The van der Waals surface area contributed by atoms with Crippen LogP contribution in [-0.2, 0) is 11.3 Å². The van der Waals surface area contributed by atoms with Crippen LogP contribution in [0.15, 0.2) is 35.9 Å². The molecule has 28 heavy (non-hydrogen) atoms. The zero-order valence-corrected chi connectivity index (χ0v) is 16.7. The van der Waals surface area contributed by atoms with Gasteiger partial charge in [-0.3, -0.25) is 9.59 Å². The van der Waals surface area contributed by atoms with Gasteiger partial charge in [0.25, 0.3) is 5.91 Å². The number of benzene rings is 1. The molecule has 0 aliphatic carbocycles. The fourth-order valence-electron chi connectivity index (χ4n) is 2.93. The van der Waals surface area contributed by atoms with Crippen LogP contribution in [0.3, 0.4) is 0 Å². The Balaban J connectivity index is 2.21. The number of nitrogens with two attached hydrogens (primary N) is 1. The normalized spacial score (nSPS) is 11.4. The molecule has 0 fully saturated rings. The third-order valence-corrected chi connectivity index (χ3v) is 4.64. The summed E-state index contributed by atoms with van der Waals surface area (Å²) in [5.74, 6) is -0.439. The Morgan fingerprint density at radius 2 is 1.89 bits per heavy atom. The van der Waals surface area contributed by atoms with E-state index in [0.29, 0.717) is 17.2 Å². The van der Waals surface area contributed by atoms with Crippen molar-refractivity contribution in [2.24, 2.45) is 11.7 Å². The Bertz CT molecular complexity index is 944. The maximum absolute atomic E-state index is 12.5. The summed E-state index contributed by atoms with van der Waals surface area (Å²) in [4.78, 5) is 23.6. The van der Waals surface area contributed by atoms with Crippen LogP contribution in [0.1, 0.15) is 47.6 Å². The van der Waals surface area contributed by atoms with Crippen LogP contribution in [0.2, 0.25) is 0 Å². The molecular weight excluding hydrogens is 352 g/mol. The van der Waals surface area contributed by atoms with Crippen molar-refractivity contribution in [3.05, 3.63) is 58.4 Å². The van der Waals surface area contributed by atoms with Gasteiger partial charge in [0.2, 0.25) is 5.91 Å². The van der Waals surface area contributed by atoms with E-state index in [0.717, 1.165) is 29.9 Å². The number of hydrogen-bond acceptors (Lipinski definition) is 3. The number of nitriles is 1. The predicted octanol–water partition coefficient (Wildman–Crippen LogP) is 3.80. The molecular formula is C22H26N4O2. The Morgan fingerprint density at radius 3 is 2.43 bits per heavy atom. The minimum absolute atomic E-state index is 0.0167. The van der Waals surface area contributed by atoms with Gasteiger partial charge in [-0.25, -0.2) is 0 Å². The quantitative estimate of drug-likeness (QED) is 0.566. The number of anilines is 1. The second-order valence-electron chi connectivity index (χ2n) is 7.23. The highest BCUT2D eigenvalue weighted by atomic mass is 16.2. The van der Waals surface area contributed by atoms with Gasteiger partial charge in [0.05, 0.1) is 0 Å². The van der Waals surface area contributed by atoms with Crippen LogP contribution in [-0.4, -0.2) is 16.4 Å². The molecule has 0 aliphatic rings. The third kappa shape index (κ3) is 5.10. The summed E-state index contributed by atoms with van der Waals surface area (Å²) in [6.45, 7) is 9.29. The number of carbonyl (C=O) groups excluding carboxylic acids is 2. The Labute approximate surface area is 165 Å². The SMILES string of the molecule is Cc1cc(/C=C(\C#N)C(=O)Nc2ccc(C(N)=O)cc2)c(C)n1CCC(C)C. The van der Waals surface area contributed by atoms with E-state index < -0.39 is 11.8 Å². The van der Waals surface area contributed by atoms with Crippen molar-refractivity contribution in [3.8, 4) is 6.07 Å². The predicted molar refractivity (Wildman–Crippen MR) is 111 cm³/mol. The lowest BCUT2D eigenvalue weighted by atomic mass is 10.1. The smallest absolute Gasteiger partial charge is 0.266 e. The summed E-state index contributed by atoms with van der Waals surface area (Å²) in [5, 5.41) is 12.1. The Hall–Kier alpha value is -3.33. The maximum Gasteiger partial charge on any atom is 0.266 e. The lowest BCUT2D eigenvalue weighted by Crippen LogP contribution is -2.14. The van der Waals surface area contributed by atoms with Crippen molar-refractivity contribution >= 4 is 23.6 Å². The first-order chi connectivity index (χ1) is 13.2. The van der Waals surface area contributed by atoms with E-state index in [4.69, 9.17) is 5.73 Å². The van der Waals surface area contributed by atoms with Gasteiger partial charge < -0.3 is 15.6 Å². The third-order valence-electron chi connectivity index (χ3n) is 4.64. The van der Waals surface area contributed by atoms with Crippen molar-refractivity contribution in [1.82, 2.24) is 4.57 Å². The molecule has 2 amide bonds. The Morgan fingerprint density at radius 1 is 1.25 bits per heavy atom. The zero-order chi connectivity index (χ0) is 20.8. The van der Waals surface area contributed by atoms with Gasteiger partial charge in [0, 0.05) is 29.2 Å². The van der Waals surface area contributed by atoms with E-state index in [-0.39, 0.29) is 5.57 Å². The molecule has 0 saturated heterocycles. The molecule has 0 aliphatic heterocycles. The molecule has 2 rings (SSSR count). The highest BCUT2D eigenvalue weighted by Crippen LogP contribution is 2.20. The number of aromatic nitrogens is 1. The fraction of sp³-hybridized carbons (Fsp3) is 0.318. The number of rotatable bonds is 7. The van der Waals surface area contributed by atoms with Crippen molar-refractivity contribution in [3.63, 3.8) is 0 Å². The average molecular weight is 378 g/mol. The van der Waals surface area contributed by atoms with E-state index in [2.05, 4.69) is 23.7 Å². The number of primary amides is 1. The van der Waals surface area contributed by atoms with Gasteiger partial charge in [-0.1, -0.05) is 13.8 Å². The molecule has 0 bridgehead atoms. The number of nitrogens with one attached hydrogen (secondary N) is 1. The number of carbonyl (C=O) groups is 2. The summed E-state index contributed by atoms with van der Waals surface area (Å²) in [5.41, 5.74) is 9.05. The molecule has 1 heterocycles. The maximum atomic E-state index is 12.5. The van der Waals surface area contributed by atoms with Crippen molar-refractivity contribution in [1.29, 1.82) is 5.26 Å². The monoisotopic (exact) mass is 378 g/mol. The van der Waals surface area contributed by atoms with Gasteiger partial charge >= 0.3 is 0 Å². The highest BCUT2D eigenvalue weighted by Gasteiger charge is 2.13. The first-order valence-corrected chi connectivity index (χ1v) is 9.22. The van der Waals surface area contributed by atoms with Crippen LogP contribution in [0.5, 0.6) is 0 Å². The van der Waals surface area contributed by atoms with Gasteiger partial charge in [0.1, 0.15) is 11.6 Å². The van der Waals surface area contributed by atoms with Crippen molar-refractivity contribution in [2.75, 3.05) is 5.32 Å². The molecule has 3 N–H and O–H groups in total. The lowest BCUT2D eigenvalue weighted by Gasteiger charge is -2.11. The van der Waals surface area contributed by atoms with E-state index in [1.54, 1.807) is 18.2 Å². The summed E-state index contributed by atoms with van der Waals surface area (Å²) in [6, 6.07) is 10.2. The number of amides is 2. The molecule has 1 aromatic heterocycles. The molecule has 6 nitrogen and oxygen atoms in total. The zero-order valence-electron chi connectivity index (χ0n) is 16.7. The van der Waals surface area contributed by atoms with Crippen LogP contribution in [0.25, 0.3) is 6.08 Å². The Kier molecular flexibility index (Phi) is 6.78. The number of nitrogens with zero attached hydrogens (tertiary/aromatic N) is 2. The van der Waals surface area contributed by atoms with Crippen LogP contribution in [0, 0.1) is 31.1 Å². The van der Waals surface area contributed by atoms with Gasteiger partial charge in [0.15, 0.2) is 0 Å². The first kappa shape index (κ1) is 21.0. The van der Waals surface area contributed by atoms with Gasteiger partial charge in [-0.15, -0.1) is 0 Å². The minimum atomic E-state index is -0.539. The molecule has 0 spiro atoms. The lowest BCUT2D eigenvalue weighted by molar-refractivity contribution is -0.112. The largest absolute Gasteiger partial charge is 0.366 e. The van der Waals surface area contributed by atoms with E-state index in [1.165, 1.54) is 12.1 Å². The fourth-order valence-corrected chi connectivity index (χ4v) is 2.93. The number of hydrogen-bond donors (Lipinski definition) is 2. The topological polar surface area (TPSA) is 101 Å². The second-order valence-corrected chi connectivity index (χ2v) is 7.23. The van der Waals surface area contributed by atoms with Crippen LogP contribution < -0.4 is 11.1 Å². The summed E-state index contributed by atoms with van der Waals surface area (Å²) in [7, 11) is 0. The van der Waals surface area contributed by atoms with E-state index >= 15 is 0 Å². The molecule has 1 aromatic carbocycles. The molecule has 0 atom stereocenters. The van der Waals surface area contributed by atoms with Crippen LogP contribution in [0.4, 0.5) is 5.69 Å². The summed E-state index contributed by atoms with van der Waals surface area (Å²) in [6.07, 6.45) is 2.67. The summed E-state index contributed by atoms with van der Waals surface area (Å²) < 4.78 is 2.21. The van der Waals surface area contributed by atoms with Crippen LogP contribution >= 0.6 is 0 Å². The number of aryl methyl sites for hydroxylation is 1. The van der Waals surface area contributed by atoms with Gasteiger partial charge in [-0.2, -0.15) is 5.26 Å². The molecule has 0 unspecified atom stereocenters. The van der Waals surface area contributed by atoms with Crippen molar-refractivity contribution in [2.45, 2.75) is 40.7 Å². The molecule has 146 valence electrons. The molecule has 2 aromatic rings. The first-order valence-electron chi connectivity index (χ1n) is 9.22. The van der Waals surface area contributed by atoms with E-state index in [9.17, 15) is 14.9 Å². The average Bonchev–Trinajstić information content (AvgIpc) is 2.91.